The minimum absolute atomic E-state index is 0.0657. The van der Waals surface area contributed by atoms with Crippen molar-refractivity contribution in [1.82, 2.24) is 4.90 Å². The number of halogens is 2. The largest absolute Gasteiger partial charge is 0.326 e. The highest BCUT2D eigenvalue weighted by molar-refractivity contribution is 4.86. The van der Waals surface area contributed by atoms with Crippen LogP contribution in [-0.4, -0.2) is 37.0 Å². The van der Waals surface area contributed by atoms with Crippen molar-refractivity contribution < 1.29 is 8.78 Å². The van der Waals surface area contributed by atoms with Crippen molar-refractivity contribution in [3.05, 3.63) is 0 Å². The Hall–Kier alpha value is -0.220. The van der Waals surface area contributed by atoms with E-state index < -0.39 is 12.5 Å². The Bertz CT molecular complexity index is 118. The summed E-state index contributed by atoms with van der Waals surface area (Å²) in [7, 11) is 1.68. The standard InChI is InChI=1S/C6H12F2N2/c1-10-3-4(9)2-5(10)6(7)8/h4-6H,2-3,9H2,1H3. The third kappa shape index (κ3) is 1.44. The molecular weight excluding hydrogens is 138 g/mol. The van der Waals surface area contributed by atoms with Crippen molar-refractivity contribution in [3.63, 3.8) is 0 Å². The maximum Gasteiger partial charge on any atom is 0.253 e. The van der Waals surface area contributed by atoms with E-state index in [0.717, 1.165) is 0 Å². The molecule has 0 radical (unpaired) electrons. The van der Waals surface area contributed by atoms with Gasteiger partial charge in [-0.15, -0.1) is 0 Å². The molecule has 0 aromatic rings. The summed E-state index contributed by atoms with van der Waals surface area (Å²) in [6.45, 7) is 0.592. The van der Waals surface area contributed by atoms with Gasteiger partial charge in [0.2, 0.25) is 0 Å². The van der Waals surface area contributed by atoms with Gasteiger partial charge in [-0.2, -0.15) is 0 Å². The number of nitrogens with zero attached hydrogens (tertiary/aromatic N) is 1. The lowest BCUT2D eigenvalue weighted by molar-refractivity contribution is 0.0588. The molecule has 1 aliphatic heterocycles. The molecule has 0 aromatic heterocycles. The van der Waals surface area contributed by atoms with E-state index in [4.69, 9.17) is 5.73 Å². The first-order valence-electron chi connectivity index (χ1n) is 3.35. The van der Waals surface area contributed by atoms with Crippen LogP contribution in [0.2, 0.25) is 0 Å². The zero-order valence-corrected chi connectivity index (χ0v) is 5.93. The number of nitrogens with two attached hydrogens (primary N) is 1. The van der Waals surface area contributed by atoms with Gasteiger partial charge in [-0.1, -0.05) is 0 Å². The maximum absolute atomic E-state index is 12.1. The Morgan fingerprint density at radius 3 is 2.40 bits per heavy atom. The molecule has 0 amide bonds. The molecule has 1 fully saturated rings. The lowest BCUT2D eigenvalue weighted by atomic mass is 10.2. The van der Waals surface area contributed by atoms with Gasteiger partial charge in [0.1, 0.15) is 0 Å². The highest BCUT2D eigenvalue weighted by Gasteiger charge is 2.33. The molecule has 2 N–H and O–H groups in total. The molecule has 0 spiro atoms. The van der Waals surface area contributed by atoms with Crippen LogP contribution in [0.25, 0.3) is 0 Å². The highest BCUT2D eigenvalue weighted by atomic mass is 19.3. The van der Waals surface area contributed by atoms with Crippen molar-refractivity contribution in [2.45, 2.75) is 24.9 Å². The van der Waals surface area contributed by atoms with Crippen molar-refractivity contribution in [2.24, 2.45) is 5.73 Å². The second kappa shape index (κ2) is 2.80. The van der Waals surface area contributed by atoms with Crippen LogP contribution in [0.3, 0.4) is 0 Å². The van der Waals surface area contributed by atoms with E-state index in [-0.39, 0.29) is 6.04 Å². The summed E-state index contributed by atoms with van der Waals surface area (Å²) >= 11 is 0. The average Bonchev–Trinajstić information content (AvgIpc) is 2.10. The molecule has 0 bridgehead atoms. The van der Waals surface area contributed by atoms with Crippen LogP contribution in [0.4, 0.5) is 8.78 Å². The highest BCUT2D eigenvalue weighted by Crippen LogP contribution is 2.19. The van der Waals surface area contributed by atoms with Gasteiger partial charge in [0, 0.05) is 12.6 Å². The lowest BCUT2D eigenvalue weighted by Crippen LogP contribution is -2.31. The summed E-state index contributed by atoms with van der Waals surface area (Å²) in [6, 6.07) is -0.681. The Morgan fingerprint density at radius 1 is 1.60 bits per heavy atom. The monoisotopic (exact) mass is 150 g/mol. The molecule has 10 heavy (non-hydrogen) atoms. The number of hydrogen-bond donors (Lipinski definition) is 1. The minimum Gasteiger partial charge on any atom is -0.326 e. The van der Waals surface area contributed by atoms with Gasteiger partial charge in [-0.05, 0) is 13.5 Å². The molecule has 4 heteroatoms. The van der Waals surface area contributed by atoms with Crippen LogP contribution in [0.1, 0.15) is 6.42 Å². The summed E-state index contributed by atoms with van der Waals surface area (Å²) in [5, 5.41) is 0. The number of rotatable bonds is 1. The topological polar surface area (TPSA) is 29.3 Å². The summed E-state index contributed by atoms with van der Waals surface area (Å²) in [5.41, 5.74) is 5.48. The van der Waals surface area contributed by atoms with E-state index in [2.05, 4.69) is 0 Å². The molecule has 1 heterocycles. The van der Waals surface area contributed by atoms with Crippen LogP contribution in [0, 0.1) is 0 Å². The Labute approximate surface area is 59.0 Å². The smallest absolute Gasteiger partial charge is 0.253 e. The van der Waals surface area contributed by atoms with Crippen LogP contribution in [0.5, 0.6) is 0 Å². The first-order chi connectivity index (χ1) is 4.61. The van der Waals surface area contributed by atoms with Gasteiger partial charge in [0.15, 0.2) is 0 Å². The van der Waals surface area contributed by atoms with E-state index in [1.165, 1.54) is 0 Å². The predicted molar refractivity (Wildman–Crippen MR) is 35.0 cm³/mol. The normalized spacial score (nSPS) is 35.7. The fraction of sp³-hybridized carbons (Fsp3) is 1.00. The molecule has 2 nitrogen and oxygen atoms in total. The van der Waals surface area contributed by atoms with Crippen molar-refractivity contribution in [2.75, 3.05) is 13.6 Å². The van der Waals surface area contributed by atoms with Gasteiger partial charge >= 0.3 is 0 Å². The first-order valence-corrected chi connectivity index (χ1v) is 3.35. The molecule has 0 aliphatic carbocycles. The molecule has 1 saturated heterocycles. The Kier molecular flexibility index (Phi) is 2.21. The van der Waals surface area contributed by atoms with Crippen molar-refractivity contribution >= 4 is 0 Å². The van der Waals surface area contributed by atoms with Crippen LogP contribution < -0.4 is 5.73 Å². The summed E-state index contributed by atoms with van der Waals surface area (Å²) in [6.07, 6.45) is -1.83. The molecule has 1 aliphatic rings. The van der Waals surface area contributed by atoms with Gasteiger partial charge in [0.25, 0.3) is 6.43 Å². The van der Waals surface area contributed by atoms with E-state index in [0.29, 0.717) is 13.0 Å². The fourth-order valence-electron chi connectivity index (χ4n) is 1.37. The van der Waals surface area contributed by atoms with Gasteiger partial charge in [-0.25, -0.2) is 8.78 Å². The van der Waals surface area contributed by atoms with Crippen LogP contribution in [0.15, 0.2) is 0 Å². The SMILES string of the molecule is CN1CC(N)CC1C(F)F. The fourth-order valence-corrected chi connectivity index (χ4v) is 1.37. The number of hydrogen-bond acceptors (Lipinski definition) is 2. The van der Waals surface area contributed by atoms with Crippen molar-refractivity contribution in [1.29, 1.82) is 0 Å². The van der Waals surface area contributed by atoms with E-state index in [1.807, 2.05) is 0 Å². The molecule has 0 aromatic carbocycles. The second-order valence-corrected chi connectivity index (χ2v) is 2.84. The minimum atomic E-state index is -2.25. The van der Waals surface area contributed by atoms with Gasteiger partial charge in [-0.3, -0.25) is 4.90 Å². The summed E-state index contributed by atoms with van der Waals surface area (Å²) in [5.74, 6) is 0. The van der Waals surface area contributed by atoms with Crippen LogP contribution >= 0.6 is 0 Å². The first kappa shape index (κ1) is 7.88. The number of likely N-dealkylation sites (N-methyl/N-ethyl adjacent to an activating group) is 1. The average molecular weight is 150 g/mol. The molecule has 60 valence electrons. The molecule has 1 rings (SSSR count). The number of alkyl halides is 2. The lowest BCUT2D eigenvalue weighted by Gasteiger charge is -2.16. The second-order valence-electron chi connectivity index (χ2n) is 2.84. The zero-order chi connectivity index (χ0) is 7.72. The van der Waals surface area contributed by atoms with Gasteiger partial charge < -0.3 is 5.73 Å². The quantitative estimate of drug-likeness (QED) is 0.582. The molecule has 2 unspecified atom stereocenters. The third-order valence-electron chi connectivity index (χ3n) is 1.92. The Balaban J connectivity index is 2.46. The third-order valence-corrected chi connectivity index (χ3v) is 1.92. The number of likely N-dealkylation sites (tertiary alicyclic amines) is 1. The zero-order valence-electron chi connectivity index (χ0n) is 5.93. The summed E-state index contributed by atoms with van der Waals surface area (Å²) in [4.78, 5) is 1.62. The predicted octanol–water partition coefficient (Wildman–Crippen LogP) is 0.283. The summed E-state index contributed by atoms with van der Waals surface area (Å²) < 4.78 is 24.1. The van der Waals surface area contributed by atoms with Crippen molar-refractivity contribution in [3.8, 4) is 0 Å². The van der Waals surface area contributed by atoms with E-state index >= 15 is 0 Å². The molecule has 0 saturated carbocycles. The molecular formula is C6H12F2N2. The van der Waals surface area contributed by atoms with Gasteiger partial charge in [0.05, 0.1) is 6.04 Å². The molecule has 2 atom stereocenters. The van der Waals surface area contributed by atoms with E-state index in [1.54, 1.807) is 11.9 Å². The van der Waals surface area contributed by atoms with Crippen LogP contribution in [-0.2, 0) is 0 Å². The Morgan fingerprint density at radius 2 is 2.20 bits per heavy atom. The maximum atomic E-state index is 12.1. The van der Waals surface area contributed by atoms with E-state index in [9.17, 15) is 8.78 Å².